The molecule has 0 heterocycles. The lowest BCUT2D eigenvalue weighted by Crippen LogP contribution is -2.65. The molecule has 4 fully saturated rings. The van der Waals surface area contributed by atoms with Crippen molar-refractivity contribution in [1.29, 1.82) is 0 Å². The van der Waals surface area contributed by atoms with Crippen LogP contribution in [-0.4, -0.2) is 35.7 Å². The third-order valence-corrected chi connectivity index (χ3v) is 10.6. The molecule has 33 heavy (non-hydrogen) atoms. The maximum atomic E-state index is 12.4. The van der Waals surface area contributed by atoms with Crippen molar-refractivity contribution < 1.29 is 19.4 Å². The number of carboxylic acids is 1. The maximum Gasteiger partial charge on any atom is 0.307 e. The monoisotopic (exact) mass is 461 g/mol. The van der Waals surface area contributed by atoms with Crippen molar-refractivity contribution in [2.75, 3.05) is 6.54 Å². The minimum Gasteiger partial charge on any atom is -0.481 e. The smallest absolute Gasteiger partial charge is 0.307 e. The number of esters is 1. The lowest BCUT2D eigenvalue weighted by molar-refractivity contribution is -0.198. The van der Waals surface area contributed by atoms with Crippen LogP contribution in [0.4, 0.5) is 0 Å². The summed E-state index contributed by atoms with van der Waals surface area (Å²) in [7, 11) is 0. The van der Waals surface area contributed by atoms with Crippen LogP contribution in [0.5, 0.6) is 0 Å². The third-order valence-electron chi connectivity index (χ3n) is 10.6. The van der Waals surface area contributed by atoms with E-state index in [0.717, 1.165) is 45.1 Å². The molecule has 4 saturated carbocycles. The van der Waals surface area contributed by atoms with Gasteiger partial charge >= 0.3 is 11.9 Å². The zero-order valence-electron chi connectivity index (χ0n) is 21.6. The van der Waals surface area contributed by atoms with Gasteiger partial charge in [0.25, 0.3) is 0 Å². The van der Waals surface area contributed by atoms with E-state index >= 15 is 0 Å². The fourth-order valence-corrected chi connectivity index (χ4v) is 9.05. The minimum atomic E-state index is -0.605. The third kappa shape index (κ3) is 4.25. The lowest BCUT2D eigenvalue weighted by Gasteiger charge is -2.64. The number of rotatable bonds is 7. The number of carbonyl (C=O) groups is 2. The van der Waals surface area contributed by atoms with Gasteiger partial charge in [-0.2, -0.15) is 0 Å². The van der Waals surface area contributed by atoms with Crippen molar-refractivity contribution in [2.24, 2.45) is 46.3 Å². The second kappa shape index (κ2) is 9.51. The quantitative estimate of drug-likeness (QED) is 0.478. The first-order chi connectivity index (χ1) is 15.6. The average molecular weight is 462 g/mol. The van der Waals surface area contributed by atoms with Crippen molar-refractivity contribution in [3.63, 3.8) is 0 Å². The van der Waals surface area contributed by atoms with Gasteiger partial charge in [-0.1, -0.05) is 34.6 Å². The van der Waals surface area contributed by atoms with Crippen LogP contribution in [-0.2, 0) is 14.3 Å². The van der Waals surface area contributed by atoms with Gasteiger partial charge in [-0.05, 0) is 99.3 Å². The van der Waals surface area contributed by atoms with Crippen LogP contribution in [0.2, 0.25) is 0 Å². The first-order valence-corrected chi connectivity index (χ1v) is 13.8. The van der Waals surface area contributed by atoms with Gasteiger partial charge in [-0.3, -0.25) is 9.59 Å². The van der Waals surface area contributed by atoms with E-state index in [1.165, 1.54) is 19.3 Å². The molecule has 188 valence electrons. The molecule has 0 aromatic carbocycles. The summed E-state index contributed by atoms with van der Waals surface area (Å²) in [6.07, 6.45) is 10.1. The Morgan fingerprint density at radius 1 is 1.09 bits per heavy atom. The highest BCUT2D eigenvalue weighted by Gasteiger charge is 2.66. The summed E-state index contributed by atoms with van der Waals surface area (Å²) in [5, 5.41) is 14.0. The Labute approximate surface area is 200 Å². The Kier molecular flexibility index (Phi) is 7.21. The van der Waals surface area contributed by atoms with Crippen LogP contribution in [0.15, 0.2) is 0 Å². The van der Waals surface area contributed by atoms with Crippen molar-refractivity contribution in [1.82, 2.24) is 5.32 Å². The van der Waals surface area contributed by atoms with Gasteiger partial charge in [0.05, 0.1) is 5.92 Å². The highest BCUT2D eigenvalue weighted by molar-refractivity contribution is 5.71. The van der Waals surface area contributed by atoms with Crippen molar-refractivity contribution in [2.45, 2.75) is 111 Å². The molecule has 4 rings (SSSR count). The van der Waals surface area contributed by atoms with Gasteiger partial charge in [0.1, 0.15) is 6.10 Å². The van der Waals surface area contributed by atoms with Gasteiger partial charge in [-0.25, -0.2) is 0 Å². The Bertz CT molecular complexity index is 737. The van der Waals surface area contributed by atoms with Gasteiger partial charge in [0.15, 0.2) is 0 Å². The number of carbonyl (C=O) groups excluding carboxylic acids is 1. The number of nitrogens with one attached hydrogen (secondary N) is 1. The lowest BCUT2D eigenvalue weighted by atomic mass is 9.43. The van der Waals surface area contributed by atoms with Crippen LogP contribution in [0.1, 0.15) is 98.8 Å². The predicted octanol–water partition coefficient (Wildman–Crippen LogP) is 5.67. The second-order valence-corrected chi connectivity index (χ2v) is 12.6. The Morgan fingerprint density at radius 3 is 2.52 bits per heavy atom. The minimum absolute atomic E-state index is 0.00747. The van der Waals surface area contributed by atoms with Gasteiger partial charge < -0.3 is 15.2 Å². The van der Waals surface area contributed by atoms with E-state index < -0.39 is 5.97 Å². The molecule has 0 aliphatic heterocycles. The Hall–Kier alpha value is -1.10. The molecular formula is C28H47NO4. The predicted molar refractivity (Wildman–Crippen MR) is 130 cm³/mol. The molecule has 5 heteroatoms. The van der Waals surface area contributed by atoms with Crippen molar-refractivity contribution >= 4 is 11.9 Å². The Balaban J connectivity index is 1.71. The van der Waals surface area contributed by atoms with E-state index in [1.54, 1.807) is 0 Å². The van der Waals surface area contributed by atoms with Crippen molar-refractivity contribution in [3.05, 3.63) is 0 Å². The normalized spacial score (nSPS) is 44.6. The summed E-state index contributed by atoms with van der Waals surface area (Å²) in [5.41, 5.74) is -0.167. The molecule has 4 aliphatic carbocycles. The van der Waals surface area contributed by atoms with Crippen LogP contribution in [0, 0.1) is 46.3 Å². The van der Waals surface area contributed by atoms with Gasteiger partial charge in [0.2, 0.25) is 0 Å². The number of hydrogen-bond donors (Lipinski definition) is 2. The molecule has 0 aromatic heterocycles. The Morgan fingerprint density at radius 2 is 1.85 bits per heavy atom. The summed E-state index contributed by atoms with van der Waals surface area (Å²) in [5.74, 6) is 1.76. The van der Waals surface area contributed by atoms with Gasteiger partial charge in [0, 0.05) is 17.9 Å². The van der Waals surface area contributed by atoms with Crippen LogP contribution >= 0.6 is 0 Å². The molecule has 0 radical (unpaired) electrons. The first-order valence-electron chi connectivity index (χ1n) is 13.8. The maximum absolute atomic E-state index is 12.4. The summed E-state index contributed by atoms with van der Waals surface area (Å²) in [6, 6.07) is 0.295. The summed E-state index contributed by atoms with van der Waals surface area (Å²) in [6.45, 7) is 12.1. The molecule has 0 saturated heterocycles. The highest BCUT2D eigenvalue weighted by Crippen LogP contribution is 2.67. The second-order valence-electron chi connectivity index (χ2n) is 12.6. The molecule has 0 spiro atoms. The standard InChI is InChI=1S/C28H47NO4/c1-6-24(30)33-23-9-7-8-18-10-11-19-20-12-13-21(26(31)32)27(20,4)16-22(25(19)28(18,23)5)29-15-14-17(2)3/h17-23,25,29H,6-16H2,1-5H3,(H,31,32)/t18-,19+,20+,21-,22-,23?,25-,27+,28-/m1/s1. The van der Waals surface area contributed by atoms with E-state index in [2.05, 4.69) is 33.0 Å². The molecule has 0 amide bonds. The summed E-state index contributed by atoms with van der Waals surface area (Å²) >= 11 is 0. The molecular weight excluding hydrogens is 414 g/mol. The zero-order chi connectivity index (χ0) is 24.0. The topological polar surface area (TPSA) is 75.6 Å². The molecule has 1 unspecified atom stereocenters. The van der Waals surface area contributed by atoms with E-state index in [9.17, 15) is 14.7 Å². The molecule has 9 atom stereocenters. The fourth-order valence-electron chi connectivity index (χ4n) is 9.05. The van der Waals surface area contributed by atoms with Crippen LogP contribution in [0.25, 0.3) is 0 Å². The van der Waals surface area contributed by atoms with Crippen LogP contribution in [0.3, 0.4) is 0 Å². The molecule has 0 bridgehead atoms. The van der Waals surface area contributed by atoms with E-state index in [1.807, 2.05) is 6.92 Å². The number of hydrogen-bond acceptors (Lipinski definition) is 4. The molecule has 5 nitrogen and oxygen atoms in total. The molecule has 2 N–H and O–H groups in total. The number of fused-ring (bicyclic) bond motifs is 5. The molecule has 0 aromatic rings. The first kappa shape index (κ1) is 25.0. The fraction of sp³-hybridized carbons (Fsp3) is 0.929. The van der Waals surface area contributed by atoms with E-state index in [0.29, 0.717) is 42.1 Å². The van der Waals surface area contributed by atoms with E-state index in [4.69, 9.17) is 4.74 Å². The SMILES string of the molecule is CCC(=O)OC1CCC[C@@H]2CC[C@@H]3[C@H]([C@H](NCCC(C)C)C[C@]4(C)[C@@H](C(=O)O)CC[C@@H]34)[C@@]12C. The van der Waals surface area contributed by atoms with Crippen molar-refractivity contribution in [3.8, 4) is 0 Å². The largest absolute Gasteiger partial charge is 0.481 e. The zero-order valence-corrected chi connectivity index (χ0v) is 21.6. The number of aliphatic carboxylic acids is 1. The number of carboxylic acid groups (broad SMARTS) is 1. The van der Waals surface area contributed by atoms with Gasteiger partial charge in [-0.15, -0.1) is 0 Å². The highest BCUT2D eigenvalue weighted by atomic mass is 16.5. The summed E-state index contributed by atoms with van der Waals surface area (Å²) < 4.78 is 6.19. The number of ether oxygens (including phenoxy) is 1. The average Bonchev–Trinajstić information content (AvgIpc) is 3.10. The summed E-state index contributed by atoms with van der Waals surface area (Å²) in [4.78, 5) is 24.7. The van der Waals surface area contributed by atoms with E-state index in [-0.39, 0.29) is 28.8 Å². The van der Waals surface area contributed by atoms with Crippen LogP contribution < -0.4 is 5.32 Å². The molecule has 4 aliphatic rings.